The number of hydrogen-bond acceptors (Lipinski definition) is 6. The summed E-state index contributed by atoms with van der Waals surface area (Å²) in [5, 5.41) is 9.58. The van der Waals surface area contributed by atoms with Crippen LogP contribution in [0.25, 0.3) is 0 Å². The van der Waals surface area contributed by atoms with E-state index in [2.05, 4.69) is 25.4 Å². The highest BCUT2D eigenvalue weighted by molar-refractivity contribution is 5.79. The van der Waals surface area contributed by atoms with Crippen LogP contribution >= 0.6 is 0 Å². The molecule has 2 N–H and O–H groups in total. The molecule has 160 valence electrons. The summed E-state index contributed by atoms with van der Waals surface area (Å²) in [6.45, 7) is 7.21. The molecule has 3 aliphatic rings. The van der Waals surface area contributed by atoms with Crippen LogP contribution in [0.1, 0.15) is 37.3 Å². The summed E-state index contributed by atoms with van der Waals surface area (Å²) in [7, 11) is 0. The Morgan fingerprint density at radius 3 is 2.66 bits per heavy atom. The van der Waals surface area contributed by atoms with E-state index in [1.54, 1.807) is 6.92 Å². The number of hydrogen-bond donors (Lipinski definition) is 2. The molecule has 3 fully saturated rings. The molecule has 0 bridgehead atoms. The van der Waals surface area contributed by atoms with Crippen LogP contribution in [0.15, 0.2) is 0 Å². The molecule has 0 aromatic carbocycles. The van der Waals surface area contributed by atoms with Crippen molar-refractivity contribution in [1.82, 2.24) is 30.3 Å². The average Bonchev–Trinajstić information content (AvgIpc) is 3.43. The standard InChI is InChI=1S/C20H32N6O3/c1-14-22-18(24-23-14)8-19(27)21-9-17-12-26(20(28)13-29-17)11-16-4-6-25(7-5-16)10-15-2-3-15/h15-17H,2-13H2,1H3,(H,21,27)(H,22,23,24). The Labute approximate surface area is 171 Å². The maximum absolute atomic E-state index is 12.3. The highest BCUT2D eigenvalue weighted by Crippen LogP contribution is 2.31. The zero-order valence-corrected chi connectivity index (χ0v) is 17.2. The van der Waals surface area contributed by atoms with Gasteiger partial charge in [0.1, 0.15) is 12.4 Å². The summed E-state index contributed by atoms with van der Waals surface area (Å²) in [4.78, 5) is 33.0. The Kier molecular flexibility index (Phi) is 6.44. The summed E-state index contributed by atoms with van der Waals surface area (Å²) in [5.74, 6) is 2.60. The number of likely N-dealkylation sites (tertiary alicyclic amines) is 1. The normalized spacial score (nSPS) is 24.1. The minimum atomic E-state index is -0.166. The summed E-state index contributed by atoms with van der Waals surface area (Å²) in [6.07, 6.45) is 5.10. The van der Waals surface area contributed by atoms with Gasteiger partial charge in [0.2, 0.25) is 11.8 Å². The van der Waals surface area contributed by atoms with E-state index in [0.717, 1.165) is 38.4 Å². The van der Waals surface area contributed by atoms with Crippen LogP contribution in [0.2, 0.25) is 0 Å². The fourth-order valence-corrected chi connectivity index (χ4v) is 4.21. The first-order chi connectivity index (χ1) is 14.0. The molecular formula is C20H32N6O3. The van der Waals surface area contributed by atoms with Gasteiger partial charge in [0.05, 0.1) is 12.5 Å². The second kappa shape index (κ2) is 9.21. The number of aromatic nitrogens is 3. The number of piperidine rings is 1. The number of carbonyl (C=O) groups is 2. The molecular weight excluding hydrogens is 372 g/mol. The summed E-state index contributed by atoms with van der Waals surface area (Å²) in [5.41, 5.74) is 0. The van der Waals surface area contributed by atoms with E-state index in [9.17, 15) is 9.59 Å². The Balaban J connectivity index is 1.18. The average molecular weight is 405 g/mol. The lowest BCUT2D eigenvalue weighted by Gasteiger charge is -2.38. The Bertz CT molecular complexity index is 711. The zero-order valence-electron chi connectivity index (χ0n) is 17.2. The lowest BCUT2D eigenvalue weighted by atomic mass is 9.95. The van der Waals surface area contributed by atoms with E-state index in [0.29, 0.717) is 30.7 Å². The quantitative estimate of drug-likeness (QED) is 0.638. The van der Waals surface area contributed by atoms with Crippen LogP contribution < -0.4 is 5.32 Å². The van der Waals surface area contributed by atoms with Gasteiger partial charge in [-0.2, -0.15) is 5.10 Å². The second-order valence-electron chi connectivity index (χ2n) is 8.74. The summed E-state index contributed by atoms with van der Waals surface area (Å²) >= 11 is 0. The molecule has 0 radical (unpaired) electrons. The molecule has 2 aliphatic heterocycles. The summed E-state index contributed by atoms with van der Waals surface area (Å²) < 4.78 is 5.63. The van der Waals surface area contributed by atoms with E-state index in [1.165, 1.54) is 19.4 Å². The van der Waals surface area contributed by atoms with Crippen molar-refractivity contribution in [3.8, 4) is 0 Å². The van der Waals surface area contributed by atoms with Gasteiger partial charge in [-0.3, -0.25) is 14.7 Å². The number of nitrogens with one attached hydrogen (secondary N) is 2. The van der Waals surface area contributed by atoms with Gasteiger partial charge >= 0.3 is 0 Å². The molecule has 1 aliphatic carbocycles. The van der Waals surface area contributed by atoms with Crippen LogP contribution in [-0.4, -0.2) is 88.8 Å². The number of aryl methyl sites for hydroxylation is 1. The van der Waals surface area contributed by atoms with Crippen molar-refractivity contribution < 1.29 is 14.3 Å². The van der Waals surface area contributed by atoms with E-state index in [4.69, 9.17) is 4.74 Å². The molecule has 1 saturated carbocycles. The highest BCUT2D eigenvalue weighted by Gasteiger charge is 2.31. The van der Waals surface area contributed by atoms with Gasteiger partial charge in [0.15, 0.2) is 5.82 Å². The number of nitrogens with zero attached hydrogens (tertiary/aromatic N) is 4. The van der Waals surface area contributed by atoms with Crippen molar-refractivity contribution >= 4 is 11.8 Å². The molecule has 1 atom stereocenters. The van der Waals surface area contributed by atoms with Crippen LogP contribution in [-0.2, 0) is 20.7 Å². The third kappa shape index (κ3) is 5.99. The highest BCUT2D eigenvalue weighted by atomic mass is 16.5. The number of aromatic amines is 1. The van der Waals surface area contributed by atoms with Gasteiger partial charge in [-0.05, 0) is 57.5 Å². The van der Waals surface area contributed by atoms with Gasteiger partial charge in [-0.1, -0.05) is 0 Å². The van der Waals surface area contributed by atoms with Crippen LogP contribution in [0.5, 0.6) is 0 Å². The maximum atomic E-state index is 12.3. The third-order valence-corrected chi connectivity index (χ3v) is 6.11. The van der Waals surface area contributed by atoms with Gasteiger partial charge in [0.25, 0.3) is 0 Å². The molecule has 0 spiro atoms. The predicted molar refractivity (Wildman–Crippen MR) is 106 cm³/mol. The van der Waals surface area contributed by atoms with Crippen molar-refractivity contribution in [2.45, 2.75) is 45.1 Å². The fraction of sp³-hybridized carbons (Fsp3) is 0.800. The number of carbonyl (C=O) groups excluding carboxylic acids is 2. The van der Waals surface area contributed by atoms with Crippen molar-refractivity contribution in [1.29, 1.82) is 0 Å². The van der Waals surface area contributed by atoms with Gasteiger partial charge in [0, 0.05) is 26.2 Å². The molecule has 9 nitrogen and oxygen atoms in total. The molecule has 4 rings (SSSR count). The van der Waals surface area contributed by atoms with Gasteiger partial charge in [-0.15, -0.1) is 0 Å². The van der Waals surface area contributed by atoms with E-state index >= 15 is 0 Å². The third-order valence-electron chi connectivity index (χ3n) is 6.11. The molecule has 1 unspecified atom stereocenters. The second-order valence-corrected chi connectivity index (χ2v) is 8.74. The minimum absolute atomic E-state index is 0.0594. The van der Waals surface area contributed by atoms with Crippen molar-refractivity contribution in [3.63, 3.8) is 0 Å². The molecule has 9 heteroatoms. The lowest BCUT2D eigenvalue weighted by Crippen LogP contribution is -2.52. The molecule has 1 aromatic rings. The number of ether oxygens (including phenoxy) is 1. The number of morpholine rings is 1. The molecule has 3 heterocycles. The first kappa shape index (κ1) is 20.3. The summed E-state index contributed by atoms with van der Waals surface area (Å²) in [6, 6.07) is 0. The van der Waals surface area contributed by atoms with E-state index in [1.807, 2.05) is 4.90 Å². The van der Waals surface area contributed by atoms with Crippen molar-refractivity contribution in [2.24, 2.45) is 11.8 Å². The zero-order chi connectivity index (χ0) is 20.2. The topological polar surface area (TPSA) is 103 Å². The van der Waals surface area contributed by atoms with E-state index < -0.39 is 0 Å². The SMILES string of the molecule is Cc1nc(CC(=O)NCC2CN(CC3CCN(CC4CC4)CC3)C(=O)CO2)n[nH]1. The molecule has 1 aromatic heterocycles. The first-order valence-electron chi connectivity index (χ1n) is 10.8. The van der Waals surface area contributed by atoms with Crippen molar-refractivity contribution in [2.75, 3.05) is 45.9 Å². The Morgan fingerprint density at radius 2 is 1.97 bits per heavy atom. The fourth-order valence-electron chi connectivity index (χ4n) is 4.21. The Hall–Kier alpha value is -2.00. The van der Waals surface area contributed by atoms with Crippen LogP contribution in [0.3, 0.4) is 0 Å². The predicted octanol–water partition coefficient (Wildman–Crippen LogP) is 0.121. The molecule has 2 amide bonds. The van der Waals surface area contributed by atoms with E-state index in [-0.39, 0.29) is 30.9 Å². The largest absolute Gasteiger partial charge is 0.365 e. The number of H-pyrrole nitrogens is 1. The monoisotopic (exact) mass is 404 g/mol. The first-order valence-corrected chi connectivity index (χ1v) is 10.8. The molecule has 2 saturated heterocycles. The van der Waals surface area contributed by atoms with Gasteiger partial charge in [-0.25, -0.2) is 4.98 Å². The number of amides is 2. The van der Waals surface area contributed by atoms with Crippen molar-refractivity contribution in [3.05, 3.63) is 11.6 Å². The van der Waals surface area contributed by atoms with Crippen LogP contribution in [0.4, 0.5) is 0 Å². The molecule has 29 heavy (non-hydrogen) atoms. The number of rotatable bonds is 8. The maximum Gasteiger partial charge on any atom is 0.248 e. The minimum Gasteiger partial charge on any atom is -0.365 e. The van der Waals surface area contributed by atoms with Gasteiger partial charge < -0.3 is 19.9 Å². The lowest BCUT2D eigenvalue weighted by molar-refractivity contribution is -0.150. The van der Waals surface area contributed by atoms with Crippen LogP contribution in [0, 0.1) is 18.8 Å². The Morgan fingerprint density at radius 1 is 1.21 bits per heavy atom. The smallest absolute Gasteiger partial charge is 0.248 e.